The minimum atomic E-state index is -3.46. The topological polar surface area (TPSA) is 85.7 Å². The third-order valence-corrected chi connectivity index (χ3v) is 5.71. The zero-order chi connectivity index (χ0) is 16.8. The number of aromatic amines is 1. The van der Waals surface area contributed by atoms with Crippen LogP contribution in [0.15, 0.2) is 47.6 Å². The van der Waals surface area contributed by atoms with Gasteiger partial charge in [-0.1, -0.05) is 6.07 Å². The van der Waals surface area contributed by atoms with Gasteiger partial charge in [-0.2, -0.15) is 4.31 Å². The molecule has 128 valence electrons. The lowest BCUT2D eigenvalue weighted by Crippen LogP contribution is -2.40. The number of ether oxygens (including phenoxy) is 1. The van der Waals surface area contributed by atoms with Crippen LogP contribution in [0.25, 0.3) is 0 Å². The summed E-state index contributed by atoms with van der Waals surface area (Å²) in [4.78, 5) is 7.53. The fourth-order valence-corrected chi connectivity index (χ4v) is 3.86. The summed E-state index contributed by atoms with van der Waals surface area (Å²) in [7, 11) is -3.46. The van der Waals surface area contributed by atoms with E-state index in [1.807, 2.05) is 18.2 Å². The molecule has 1 saturated heterocycles. The van der Waals surface area contributed by atoms with Crippen molar-refractivity contribution in [1.29, 1.82) is 0 Å². The molecule has 2 aromatic rings. The van der Waals surface area contributed by atoms with Gasteiger partial charge in [-0.05, 0) is 18.2 Å². The maximum Gasteiger partial charge on any atom is 0.272 e. The molecular formula is C16H21N4O3S+. The van der Waals surface area contributed by atoms with E-state index in [4.69, 9.17) is 4.74 Å². The molecule has 0 radical (unpaired) electrons. The van der Waals surface area contributed by atoms with Crippen molar-refractivity contribution in [2.24, 2.45) is 0 Å². The predicted octanol–water partition coefficient (Wildman–Crippen LogP) is 0.571. The van der Waals surface area contributed by atoms with E-state index in [1.54, 1.807) is 18.3 Å². The molecular weight excluding hydrogens is 328 g/mol. The molecule has 1 aliphatic rings. The first-order chi connectivity index (χ1) is 11.7. The van der Waals surface area contributed by atoms with Crippen molar-refractivity contribution in [2.75, 3.05) is 38.2 Å². The Bertz CT molecular complexity index is 745. The van der Waals surface area contributed by atoms with Crippen LogP contribution in [0, 0.1) is 0 Å². The summed E-state index contributed by atoms with van der Waals surface area (Å²) >= 11 is 0. The van der Waals surface area contributed by atoms with Gasteiger partial charge in [-0.15, -0.1) is 0 Å². The van der Waals surface area contributed by atoms with E-state index in [9.17, 15) is 8.42 Å². The quantitative estimate of drug-likeness (QED) is 0.824. The molecule has 2 N–H and O–H groups in total. The molecule has 3 heterocycles. The number of morpholine rings is 1. The Labute approximate surface area is 141 Å². The number of pyridine rings is 2. The van der Waals surface area contributed by atoms with Gasteiger partial charge in [-0.3, -0.25) is 10.3 Å². The van der Waals surface area contributed by atoms with E-state index in [1.165, 1.54) is 10.5 Å². The molecule has 0 aromatic carbocycles. The van der Waals surface area contributed by atoms with E-state index >= 15 is 0 Å². The summed E-state index contributed by atoms with van der Waals surface area (Å²) < 4.78 is 31.7. The van der Waals surface area contributed by atoms with Crippen LogP contribution in [0.5, 0.6) is 0 Å². The lowest BCUT2D eigenvalue weighted by Gasteiger charge is -2.25. The highest BCUT2D eigenvalue weighted by molar-refractivity contribution is 7.89. The van der Waals surface area contributed by atoms with Gasteiger partial charge in [0.15, 0.2) is 0 Å². The minimum Gasteiger partial charge on any atom is -0.379 e. The molecule has 0 aliphatic carbocycles. The van der Waals surface area contributed by atoms with Gasteiger partial charge in [0.1, 0.15) is 11.1 Å². The van der Waals surface area contributed by atoms with Crippen molar-refractivity contribution in [3.63, 3.8) is 0 Å². The van der Waals surface area contributed by atoms with Crippen LogP contribution in [0.3, 0.4) is 0 Å². The maximum absolute atomic E-state index is 12.5. The van der Waals surface area contributed by atoms with Crippen LogP contribution in [0.2, 0.25) is 0 Å². The van der Waals surface area contributed by atoms with Crippen molar-refractivity contribution in [3.8, 4) is 0 Å². The Kier molecular flexibility index (Phi) is 5.39. The molecule has 0 bridgehead atoms. The van der Waals surface area contributed by atoms with Crippen molar-refractivity contribution < 1.29 is 18.1 Å². The fraction of sp³-hybridized carbons (Fsp3) is 0.375. The molecule has 1 aliphatic heterocycles. The average Bonchev–Trinajstić information content (AvgIpc) is 2.64. The molecule has 0 saturated carbocycles. The van der Waals surface area contributed by atoms with E-state index in [0.29, 0.717) is 32.8 Å². The second-order valence-electron chi connectivity index (χ2n) is 5.45. The molecule has 0 atom stereocenters. The number of anilines is 1. The van der Waals surface area contributed by atoms with Crippen LogP contribution < -0.4 is 10.3 Å². The first-order valence-corrected chi connectivity index (χ1v) is 9.34. The van der Waals surface area contributed by atoms with Gasteiger partial charge >= 0.3 is 0 Å². The molecule has 2 aromatic heterocycles. The average molecular weight is 349 g/mol. The van der Waals surface area contributed by atoms with E-state index in [2.05, 4.69) is 15.3 Å². The molecule has 0 spiro atoms. The van der Waals surface area contributed by atoms with Crippen LogP contribution in [-0.4, -0.2) is 50.6 Å². The smallest absolute Gasteiger partial charge is 0.272 e. The van der Waals surface area contributed by atoms with Gasteiger partial charge in [0, 0.05) is 37.5 Å². The zero-order valence-corrected chi connectivity index (χ0v) is 14.1. The largest absolute Gasteiger partial charge is 0.379 e. The molecule has 8 heteroatoms. The molecule has 0 unspecified atom stereocenters. The SMILES string of the molecule is O=S(=O)(c1ccc(NCCc2ccccn2)[nH+]c1)N1CCOCC1. The Hall–Kier alpha value is -2.03. The fourth-order valence-electron chi connectivity index (χ4n) is 2.49. The van der Waals surface area contributed by atoms with E-state index in [-0.39, 0.29) is 4.90 Å². The number of nitrogens with one attached hydrogen (secondary N) is 2. The summed E-state index contributed by atoms with van der Waals surface area (Å²) in [6.07, 6.45) is 4.09. The van der Waals surface area contributed by atoms with Crippen molar-refractivity contribution in [1.82, 2.24) is 9.29 Å². The zero-order valence-electron chi connectivity index (χ0n) is 13.3. The highest BCUT2D eigenvalue weighted by Gasteiger charge is 2.27. The minimum absolute atomic E-state index is 0.264. The van der Waals surface area contributed by atoms with Crippen LogP contribution in [-0.2, 0) is 21.2 Å². The second kappa shape index (κ2) is 7.69. The maximum atomic E-state index is 12.5. The molecule has 1 fully saturated rings. The van der Waals surface area contributed by atoms with Gasteiger partial charge in [0.05, 0.1) is 19.8 Å². The van der Waals surface area contributed by atoms with Crippen LogP contribution >= 0.6 is 0 Å². The predicted molar refractivity (Wildman–Crippen MR) is 89.0 cm³/mol. The third-order valence-electron chi connectivity index (χ3n) is 3.81. The normalized spacial score (nSPS) is 16.0. The number of H-pyrrole nitrogens is 1. The number of nitrogens with zero attached hydrogens (tertiary/aromatic N) is 2. The van der Waals surface area contributed by atoms with E-state index in [0.717, 1.165) is 17.9 Å². The lowest BCUT2D eigenvalue weighted by atomic mass is 10.3. The standard InChI is InChI=1S/C16H20N4O3S/c21-24(22,20-9-11-23-12-10-20)15-4-5-16(19-13-15)18-8-6-14-3-1-2-7-17-14/h1-5,7,13H,6,8-12H2,(H,18,19)/p+1. The first kappa shape index (κ1) is 16.8. The molecule has 0 amide bonds. The van der Waals surface area contributed by atoms with Gasteiger partial charge in [0.25, 0.3) is 5.82 Å². The summed E-state index contributed by atoms with van der Waals surface area (Å²) in [5.41, 5.74) is 1.01. The first-order valence-electron chi connectivity index (χ1n) is 7.90. The van der Waals surface area contributed by atoms with Gasteiger partial charge < -0.3 is 4.74 Å². The molecule has 7 nitrogen and oxygen atoms in total. The highest BCUT2D eigenvalue weighted by Crippen LogP contribution is 2.16. The van der Waals surface area contributed by atoms with Crippen molar-refractivity contribution >= 4 is 15.8 Å². The lowest BCUT2D eigenvalue weighted by molar-refractivity contribution is -0.364. The van der Waals surface area contributed by atoms with Crippen LogP contribution in [0.1, 0.15) is 5.69 Å². The number of hydrogen-bond donors (Lipinski definition) is 1. The molecule has 3 rings (SSSR count). The van der Waals surface area contributed by atoms with Crippen molar-refractivity contribution in [3.05, 3.63) is 48.4 Å². The number of sulfonamides is 1. The third kappa shape index (κ3) is 4.08. The number of hydrogen-bond acceptors (Lipinski definition) is 5. The number of rotatable bonds is 6. The monoisotopic (exact) mass is 349 g/mol. The Balaban J connectivity index is 1.58. The number of aromatic nitrogens is 2. The van der Waals surface area contributed by atoms with Crippen LogP contribution in [0.4, 0.5) is 5.82 Å². The highest BCUT2D eigenvalue weighted by atomic mass is 32.2. The summed E-state index contributed by atoms with van der Waals surface area (Å²) in [5, 5.41) is 3.23. The summed E-state index contributed by atoms with van der Waals surface area (Å²) in [5.74, 6) is 0.770. The summed E-state index contributed by atoms with van der Waals surface area (Å²) in [6.45, 7) is 2.38. The summed E-state index contributed by atoms with van der Waals surface area (Å²) in [6, 6.07) is 9.18. The van der Waals surface area contributed by atoms with Gasteiger partial charge in [0.2, 0.25) is 10.0 Å². The Morgan fingerprint density at radius 2 is 2.04 bits per heavy atom. The van der Waals surface area contributed by atoms with Crippen molar-refractivity contribution in [2.45, 2.75) is 11.3 Å². The van der Waals surface area contributed by atoms with E-state index < -0.39 is 10.0 Å². The second-order valence-corrected chi connectivity index (χ2v) is 7.39. The van der Waals surface area contributed by atoms with Gasteiger partial charge in [-0.25, -0.2) is 13.4 Å². The Morgan fingerprint density at radius 3 is 2.71 bits per heavy atom. The molecule has 24 heavy (non-hydrogen) atoms. The Morgan fingerprint density at radius 1 is 1.21 bits per heavy atom.